The number of nitrogens with zero attached hydrogens (tertiary/aromatic N) is 1. The summed E-state index contributed by atoms with van der Waals surface area (Å²) in [5.41, 5.74) is 0. The van der Waals surface area contributed by atoms with Crippen LogP contribution in [-0.4, -0.2) is 63.5 Å². The van der Waals surface area contributed by atoms with Crippen LogP contribution in [-0.2, 0) is 14.3 Å². The molecule has 134 valence electrons. The minimum absolute atomic E-state index is 0. The highest BCUT2D eigenvalue weighted by Crippen LogP contribution is 2.18. The third kappa shape index (κ3) is 9.31. The van der Waals surface area contributed by atoms with Gasteiger partial charge in [-0.1, -0.05) is 0 Å². The third-order valence-electron chi connectivity index (χ3n) is 3.52. The SMILES string of the molecule is CCNC(=NCC(=O)NC1CC1)NCCCOC1CCOC1.I. The molecule has 0 aromatic rings. The van der Waals surface area contributed by atoms with E-state index in [0.29, 0.717) is 25.2 Å². The quantitative estimate of drug-likeness (QED) is 0.212. The van der Waals surface area contributed by atoms with Crippen LogP contribution in [0.5, 0.6) is 0 Å². The van der Waals surface area contributed by atoms with Crippen molar-refractivity contribution in [2.24, 2.45) is 4.99 Å². The van der Waals surface area contributed by atoms with Crippen LogP contribution in [0.3, 0.4) is 0 Å². The van der Waals surface area contributed by atoms with E-state index in [1.54, 1.807) is 0 Å². The Morgan fingerprint density at radius 3 is 2.78 bits per heavy atom. The van der Waals surface area contributed by atoms with E-state index in [2.05, 4.69) is 20.9 Å². The maximum atomic E-state index is 11.6. The Balaban J connectivity index is 0.00000264. The molecule has 1 aliphatic heterocycles. The van der Waals surface area contributed by atoms with Gasteiger partial charge < -0.3 is 25.4 Å². The maximum absolute atomic E-state index is 11.6. The second-order valence-corrected chi connectivity index (χ2v) is 5.67. The zero-order valence-corrected chi connectivity index (χ0v) is 16.1. The lowest BCUT2D eigenvalue weighted by Crippen LogP contribution is -2.39. The Labute approximate surface area is 155 Å². The van der Waals surface area contributed by atoms with Gasteiger partial charge in [-0.2, -0.15) is 0 Å². The summed E-state index contributed by atoms with van der Waals surface area (Å²) in [5.74, 6) is 0.668. The summed E-state index contributed by atoms with van der Waals surface area (Å²) >= 11 is 0. The normalized spacial score (nSPS) is 20.7. The Bertz CT molecular complexity index is 372. The number of hydrogen-bond acceptors (Lipinski definition) is 4. The highest BCUT2D eigenvalue weighted by atomic mass is 127. The van der Waals surface area contributed by atoms with Gasteiger partial charge in [0.1, 0.15) is 6.54 Å². The molecule has 1 unspecified atom stereocenters. The van der Waals surface area contributed by atoms with E-state index in [0.717, 1.165) is 45.4 Å². The number of nitrogens with one attached hydrogen (secondary N) is 3. The first-order chi connectivity index (χ1) is 10.8. The number of halogens is 1. The number of guanidine groups is 1. The maximum Gasteiger partial charge on any atom is 0.242 e. The van der Waals surface area contributed by atoms with Crippen molar-refractivity contribution in [3.05, 3.63) is 0 Å². The van der Waals surface area contributed by atoms with Crippen LogP contribution in [0.4, 0.5) is 0 Å². The van der Waals surface area contributed by atoms with Crippen LogP contribution in [0.25, 0.3) is 0 Å². The van der Waals surface area contributed by atoms with Crippen molar-refractivity contribution in [1.29, 1.82) is 0 Å². The third-order valence-corrected chi connectivity index (χ3v) is 3.52. The van der Waals surface area contributed by atoms with Crippen LogP contribution in [0.2, 0.25) is 0 Å². The summed E-state index contributed by atoms with van der Waals surface area (Å²) < 4.78 is 11.0. The second kappa shape index (κ2) is 11.9. The van der Waals surface area contributed by atoms with Crippen molar-refractivity contribution in [1.82, 2.24) is 16.0 Å². The smallest absolute Gasteiger partial charge is 0.242 e. The van der Waals surface area contributed by atoms with Gasteiger partial charge in [-0.25, -0.2) is 4.99 Å². The molecular formula is C15H29IN4O3. The number of hydrogen-bond donors (Lipinski definition) is 3. The van der Waals surface area contributed by atoms with E-state index < -0.39 is 0 Å². The number of rotatable bonds is 9. The van der Waals surface area contributed by atoms with Gasteiger partial charge in [0.05, 0.1) is 12.7 Å². The summed E-state index contributed by atoms with van der Waals surface area (Å²) in [4.78, 5) is 15.9. The van der Waals surface area contributed by atoms with Crippen molar-refractivity contribution in [3.8, 4) is 0 Å². The van der Waals surface area contributed by atoms with Gasteiger partial charge in [-0.3, -0.25) is 4.79 Å². The van der Waals surface area contributed by atoms with E-state index in [4.69, 9.17) is 9.47 Å². The lowest BCUT2D eigenvalue weighted by atomic mass is 10.3. The van der Waals surface area contributed by atoms with E-state index >= 15 is 0 Å². The molecule has 1 saturated heterocycles. The molecular weight excluding hydrogens is 411 g/mol. The minimum Gasteiger partial charge on any atom is -0.379 e. The molecule has 1 saturated carbocycles. The van der Waals surface area contributed by atoms with Gasteiger partial charge in [0.25, 0.3) is 0 Å². The van der Waals surface area contributed by atoms with Gasteiger partial charge in [0.2, 0.25) is 5.91 Å². The van der Waals surface area contributed by atoms with Crippen molar-refractivity contribution in [2.75, 3.05) is 39.5 Å². The molecule has 1 heterocycles. The van der Waals surface area contributed by atoms with Gasteiger partial charge in [0.15, 0.2) is 5.96 Å². The molecule has 1 aliphatic carbocycles. The first-order valence-corrected chi connectivity index (χ1v) is 8.29. The Morgan fingerprint density at radius 1 is 1.30 bits per heavy atom. The minimum atomic E-state index is -0.00994. The lowest BCUT2D eigenvalue weighted by molar-refractivity contribution is -0.119. The molecule has 0 radical (unpaired) electrons. The molecule has 1 amide bonds. The van der Waals surface area contributed by atoms with Gasteiger partial charge >= 0.3 is 0 Å². The summed E-state index contributed by atoms with van der Waals surface area (Å²) in [6.45, 7) is 5.95. The summed E-state index contributed by atoms with van der Waals surface area (Å²) in [5, 5.41) is 9.28. The predicted molar refractivity (Wildman–Crippen MR) is 100 cm³/mol. The fourth-order valence-corrected chi connectivity index (χ4v) is 2.17. The van der Waals surface area contributed by atoms with E-state index in [9.17, 15) is 4.79 Å². The molecule has 0 bridgehead atoms. The van der Waals surface area contributed by atoms with E-state index in [1.807, 2.05) is 6.92 Å². The molecule has 0 aromatic carbocycles. The molecule has 8 heteroatoms. The van der Waals surface area contributed by atoms with Crippen LogP contribution >= 0.6 is 24.0 Å². The van der Waals surface area contributed by atoms with E-state index in [1.165, 1.54) is 0 Å². The highest BCUT2D eigenvalue weighted by molar-refractivity contribution is 14.0. The Hall–Kier alpha value is -0.610. The summed E-state index contributed by atoms with van der Waals surface area (Å²) in [6.07, 6.45) is 4.34. The molecule has 0 aromatic heterocycles. The van der Waals surface area contributed by atoms with Crippen molar-refractivity contribution >= 4 is 35.8 Å². The number of carbonyl (C=O) groups is 1. The van der Waals surface area contributed by atoms with Gasteiger partial charge in [-0.15, -0.1) is 24.0 Å². The number of aliphatic imine (C=N–C) groups is 1. The van der Waals surface area contributed by atoms with Crippen LogP contribution in [0.15, 0.2) is 4.99 Å². The zero-order chi connectivity index (χ0) is 15.6. The molecule has 1 atom stereocenters. The van der Waals surface area contributed by atoms with Crippen molar-refractivity contribution in [2.45, 2.75) is 44.8 Å². The van der Waals surface area contributed by atoms with Crippen LogP contribution in [0, 0.1) is 0 Å². The van der Waals surface area contributed by atoms with Crippen LogP contribution in [0.1, 0.15) is 32.6 Å². The fourth-order valence-electron chi connectivity index (χ4n) is 2.17. The monoisotopic (exact) mass is 440 g/mol. The standard InChI is InChI=1S/C15H28N4O3.HI/c1-2-16-15(18-10-14(20)19-12-4-5-12)17-7-3-8-22-13-6-9-21-11-13;/h12-13H,2-11H2,1H3,(H,19,20)(H2,16,17,18);1H. The molecule has 23 heavy (non-hydrogen) atoms. The largest absolute Gasteiger partial charge is 0.379 e. The van der Waals surface area contributed by atoms with Gasteiger partial charge in [-0.05, 0) is 32.6 Å². The summed E-state index contributed by atoms with van der Waals surface area (Å²) in [6, 6.07) is 0.384. The topological polar surface area (TPSA) is 84.0 Å². The zero-order valence-electron chi connectivity index (χ0n) is 13.8. The molecule has 0 spiro atoms. The first-order valence-electron chi connectivity index (χ1n) is 8.29. The average molecular weight is 440 g/mol. The van der Waals surface area contributed by atoms with Gasteiger partial charge in [0, 0.05) is 32.3 Å². The molecule has 2 rings (SSSR count). The Morgan fingerprint density at radius 2 is 2.13 bits per heavy atom. The predicted octanol–water partition coefficient (Wildman–Crippen LogP) is 0.634. The van der Waals surface area contributed by atoms with E-state index in [-0.39, 0.29) is 42.5 Å². The fraction of sp³-hybridized carbons (Fsp3) is 0.867. The Kier molecular flexibility index (Phi) is 10.5. The highest BCUT2D eigenvalue weighted by Gasteiger charge is 2.22. The molecule has 7 nitrogen and oxygen atoms in total. The lowest BCUT2D eigenvalue weighted by Gasteiger charge is -2.12. The molecule has 3 N–H and O–H groups in total. The average Bonchev–Trinajstić information content (AvgIpc) is 3.16. The second-order valence-electron chi connectivity index (χ2n) is 5.67. The van der Waals surface area contributed by atoms with Crippen molar-refractivity contribution in [3.63, 3.8) is 0 Å². The van der Waals surface area contributed by atoms with Crippen LogP contribution < -0.4 is 16.0 Å². The number of carbonyl (C=O) groups excluding carboxylic acids is 1. The number of ether oxygens (including phenoxy) is 2. The van der Waals surface area contributed by atoms with Crippen molar-refractivity contribution < 1.29 is 14.3 Å². The summed E-state index contributed by atoms with van der Waals surface area (Å²) in [7, 11) is 0. The first kappa shape index (κ1) is 20.4. The molecule has 2 fully saturated rings. The molecule has 2 aliphatic rings. The number of amides is 1.